The first-order valence-corrected chi connectivity index (χ1v) is 8.87. The molecule has 0 amide bonds. The molecule has 3 rings (SSSR count). The Kier molecular flexibility index (Phi) is 6.46. The Hall–Kier alpha value is -3.55. The highest BCUT2D eigenvalue weighted by Crippen LogP contribution is 2.27. The van der Waals surface area contributed by atoms with Crippen LogP contribution < -0.4 is 20.5 Å². The summed E-state index contributed by atoms with van der Waals surface area (Å²) in [6.07, 6.45) is 7.81. The predicted molar refractivity (Wildman–Crippen MR) is 108 cm³/mol. The molecule has 0 saturated carbocycles. The van der Waals surface area contributed by atoms with Gasteiger partial charge in [0.15, 0.2) is 17.5 Å². The number of hydrogen-bond donors (Lipinski definition) is 2. The number of methoxy groups -OCH3 is 2. The topological polar surface area (TPSA) is 99.6 Å². The number of nitrogens with zero attached hydrogens (tertiary/aromatic N) is 4. The third-order valence-corrected chi connectivity index (χ3v) is 4.18. The molecule has 3 N–H and O–H groups in total. The van der Waals surface area contributed by atoms with E-state index < -0.39 is 0 Å². The molecule has 8 nitrogen and oxygen atoms in total. The molecule has 1 aromatic carbocycles. The summed E-state index contributed by atoms with van der Waals surface area (Å²) in [4.78, 5) is 12.8. The van der Waals surface area contributed by atoms with Crippen molar-refractivity contribution in [2.45, 2.75) is 13.0 Å². The van der Waals surface area contributed by atoms with Gasteiger partial charge in [0.2, 0.25) is 0 Å². The van der Waals surface area contributed by atoms with Gasteiger partial charge in [-0.3, -0.25) is 4.57 Å². The van der Waals surface area contributed by atoms with Crippen molar-refractivity contribution < 1.29 is 9.47 Å². The number of guanidine groups is 1. The van der Waals surface area contributed by atoms with Crippen molar-refractivity contribution in [3.63, 3.8) is 0 Å². The molecule has 0 unspecified atom stereocenters. The standard InChI is InChI=1S/C20H24N6O2/c1-27-17-4-3-15(11-18(17)28-2)5-8-24-20(21)25-13-16-6-7-23-19(12-16)26-10-9-22-14-26/h3-4,6-7,9-12,14H,5,8,13H2,1-2H3,(H3,21,24,25). The first-order chi connectivity index (χ1) is 13.7. The van der Waals surface area contributed by atoms with Gasteiger partial charge in [-0.2, -0.15) is 0 Å². The number of hydrogen-bond acceptors (Lipinski definition) is 5. The van der Waals surface area contributed by atoms with Gasteiger partial charge in [0, 0.05) is 25.1 Å². The van der Waals surface area contributed by atoms with Crippen molar-refractivity contribution >= 4 is 5.96 Å². The number of nitrogens with one attached hydrogen (secondary N) is 1. The molecule has 0 aliphatic rings. The Morgan fingerprint density at radius 3 is 2.71 bits per heavy atom. The smallest absolute Gasteiger partial charge is 0.188 e. The zero-order valence-electron chi connectivity index (χ0n) is 16.0. The number of ether oxygens (including phenoxy) is 2. The second-order valence-electron chi connectivity index (χ2n) is 6.06. The van der Waals surface area contributed by atoms with Gasteiger partial charge in [-0.1, -0.05) is 6.07 Å². The number of pyridine rings is 1. The summed E-state index contributed by atoms with van der Waals surface area (Å²) in [6, 6.07) is 9.74. The van der Waals surface area contributed by atoms with E-state index in [0.29, 0.717) is 30.5 Å². The van der Waals surface area contributed by atoms with Gasteiger partial charge in [0.1, 0.15) is 12.1 Å². The van der Waals surface area contributed by atoms with Gasteiger partial charge in [-0.15, -0.1) is 0 Å². The Morgan fingerprint density at radius 2 is 1.96 bits per heavy atom. The Morgan fingerprint density at radius 1 is 1.11 bits per heavy atom. The van der Waals surface area contributed by atoms with Crippen LogP contribution in [0.5, 0.6) is 11.5 Å². The van der Waals surface area contributed by atoms with Crippen molar-refractivity contribution in [2.24, 2.45) is 10.7 Å². The van der Waals surface area contributed by atoms with E-state index in [4.69, 9.17) is 15.2 Å². The van der Waals surface area contributed by atoms with E-state index >= 15 is 0 Å². The molecular formula is C20H24N6O2. The fraction of sp³-hybridized carbons (Fsp3) is 0.250. The number of aromatic nitrogens is 3. The Balaban J connectivity index is 1.52. The van der Waals surface area contributed by atoms with E-state index in [-0.39, 0.29) is 0 Å². The number of aliphatic imine (C=N–C) groups is 1. The number of nitrogens with two attached hydrogens (primary N) is 1. The van der Waals surface area contributed by atoms with Crippen LogP contribution in [0.1, 0.15) is 11.1 Å². The summed E-state index contributed by atoms with van der Waals surface area (Å²) in [5.41, 5.74) is 8.12. The minimum Gasteiger partial charge on any atom is -0.493 e. The van der Waals surface area contributed by atoms with E-state index in [1.807, 2.05) is 41.1 Å². The van der Waals surface area contributed by atoms with Crippen LogP contribution in [0.3, 0.4) is 0 Å². The highest BCUT2D eigenvalue weighted by atomic mass is 16.5. The van der Waals surface area contributed by atoms with Gasteiger partial charge in [0.25, 0.3) is 0 Å². The molecule has 2 heterocycles. The van der Waals surface area contributed by atoms with E-state index in [9.17, 15) is 0 Å². The van der Waals surface area contributed by atoms with Crippen molar-refractivity contribution in [3.8, 4) is 17.3 Å². The van der Waals surface area contributed by atoms with Crippen LogP contribution in [0.4, 0.5) is 0 Å². The maximum atomic E-state index is 5.98. The molecule has 2 aromatic heterocycles. The highest BCUT2D eigenvalue weighted by Gasteiger charge is 2.04. The fourth-order valence-corrected chi connectivity index (χ4v) is 2.70. The van der Waals surface area contributed by atoms with Crippen LogP contribution in [0.2, 0.25) is 0 Å². The number of benzene rings is 1. The highest BCUT2D eigenvalue weighted by molar-refractivity contribution is 5.77. The number of rotatable bonds is 8. The molecule has 0 saturated heterocycles. The van der Waals surface area contributed by atoms with Crippen LogP contribution in [0.25, 0.3) is 5.82 Å². The van der Waals surface area contributed by atoms with Gasteiger partial charge in [-0.05, 0) is 41.8 Å². The van der Waals surface area contributed by atoms with Gasteiger partial charge < -0.3 is 20.5 Å². The summed E-state index contributed by atoms with van der Waals surface area (Å²) in [7, 11) is 3.25. The summed E-state index contributed by atoms with van der Waals surface area (Å²) < 4.78 is 12.4. The lowest BCUT2D eigenvalue weighted by Crippen LogP contribution is -2.33. The van der Waals surface area contributed by atoms with E-state index in [1.165, 1.54) is 0 Å². The first-order valence-electron chi connectivity index (χ1n) is 8.87. The molecule has 0 atom stereocenters. The summed E-state index contributed by atoms with van der Waals surface area (Å²) >= 11 is 0. The minimum atomic E-state index is 0.404. The lowest BCUT2D eigenvalue weighted by Gasteiger charge is -2.10. The molecule has 0 aliphatic heterocycles. The monoisotopic (exact) mass is 380 g/mol. The molecule has 0 bridgehead atoms. The third kappa shape index (κ3) is 5.00. The summed E-state index contributed by atoms with van der Waals surface area (Å²) in [6.45, 7) is 1.14. The van der Waals surface area contributed by atoms with Crippen molar-refractivity contribution in [1.29, 1.82) is 0 Å². The van der Waals surface area contributed by atoms with Gasteiger partial charge in [0.05, 0.1) is 20.8 Å². The normalized spacial score (nSPS) is 11.3. The summed E-state index contributed by atoms with van der Waals surface area (Å²) in [5, 5.41) is 3.13. The van der Waals surface area contributed by atoms with Crippen LogP contribution in [0.15, 0.2) is 60.2 Å². The van der Waals surface area contributed by atoms with Crippen LogP contribution >= 0.6 is 0 Å². The first kappa shape index (κ1) is 19.2. The zero-order chi connectivity index (χ0) is 19.8. The molecular weight excluding hydrogens is 356 g/mol. The lowest BCUT2D eigenvalue weighted by atomic mass is 10.1. The van der Waals surface area contributed by atoms with Gasteiger partial charge in [-0.25, -0.2) is 15.0 Å². The molecule has 3 aromatic rings. The van der Waals surface area contributed by atoms with Crippen LogP contribution in [-0.4, -0.2) is 41.3 Å². The van der Waals surface area contributed by atoms with Crippen molar-refractivity contribution in [1.82, 2.24) is 19.9 Å². The fourth-order valence-electron chi connectivity index (χ4n) is 2.70. The Bertz CT molecular complexity index is 924. The minimum absolute atomic E-state index is 0.404. The predicted octanol–water partition coefficient (Wildman–Crippen LogP) is 1.93. The van der Waals surface area contributed by atoms with E-state index in [1.54, 1.807) is 32.9 Å². The molecule has 28 heavy (non-hydrogen) atoms. The molecule has 8 heteroatoms. The van der Waals surface area contributed by atoms with Crippen molar-refractivity contribution in [2.75, 3.05) is 20.8 Å². The quantitative estimate of drug-likeness (QED) is 0.458. The SMILES string of the molecule is COc1ccc(CCNC(N)=NCc2ccnc(-n3ccnc3)c2)cc1OC. The van der Waals surface area contributed by atoms with Crippen LogP contribution in [-0.2, 0) is 13.0 Å². The molecule has 0 aliphatic carbocycles. The van der Waals surface area contributed by atoms with E-state index in [2.05, 4.69) is 20.3 Å². The molecule has 0 radical (unpaired) electrons. The van der Waals surface area contributed by atoms with Gasteiger partial charge >= 0.3 is 0 Å². The molecule has 146 valence electrons. The van der Waals surface area contributed by atoms with Crippen LogP contribution in [0, 0.1) is 0 Å². The largest absolute Gasteiger partial charge is 0.493 e. The second kappa shape index (κ2) is 9.40. The molecule has 0 fully saturated rings. The third-order valence-electron chi connectivity index (χ3n) is 4.18. The van der Waals surface area contributed by atoms with E-state index in [0.717, 1.165) is 23.4 Å². The average molecular weight is 380 g/mol. The molecule has 0 spiro atoms. The average Bonchev–Trinajstić information content (AvgIpc) is 3.27. The maximum Gasteiger partial charge on any atom is 0.188 e. The van der Waals surface area contributed by atoms with Crippen molar-refractivity contribution in [3.05, 3.63) is 66.4 Å². The Labute approximate surface area is 164 Å². The lowest BCUT2D eigenvalue weighted by molar-refractivity contribution is 0.354. The summed E-state index contributed by atoms with van der Waals surface area (Å²) in [5.74, 6) is 2.63. The second-order valence-corrected chi connectivity index (χ2v) is 6.06. The number of imidazole rings is 1. The zero-order valence-corrected chi connectivity index (χ0v) is 16.0. The maximum absolute atomic E-state index is 5.98.